The summed E-state index contributed by atoms with van der Waals surface area (Å²) < 4.78 is 13.8. The molecule has 1 atom stereocenters. The van der Waals surface area contributed by atoms with E-state index in [4.69, 9.17) is 0 Å². The molecule has 0 aromatic heterocycles. The molecule has 0 radical (unpaired) electrons. The molecule has 1 aliphatic rings. The van der Waals surface area contributed by atoms with Crippen LogP contribution < -0.4 is 0 Å². The number of halogens is 1. The van der Waals surface area contributed by atoms with Gasteiger partial charge in [0.05, 0.1) is 0 Å². The molecule has 2 nitrogen and oxygen atoms in total. The maximum absolute atomic E-state index is 13.8. The van der Waals surface area contributed by atoms with Crippen molar-refractivity contribution in [3.8, 4) is 0 Å². The Hall–Kier alpha value is -1.90. The molecule has 0 N–H and O–H groups in total. The van der Waals surface area contributed by atoms with Crippen molar-refractivity contribution in [3.63, 3.8) is 0 Å². The summed E-state index contributed by atoms with van der Waals surface area (Å²) in [6, 6.07) is 10.4. The van der Waals surface area contributed by atoms with E-state index in [1.807, 2.05) is 13.1 Å². The molecule has 0 saturated heterocycles. The number of hydrogen-bond acceptors (Lipinski definition) is 1. The van der Waals surface area contributed by atoms with E-state index in [9.17, 15) is 9.18 Å². The van der Waals surface area contributed by atoms with Crippen LogP contribution >= 0.6 is 0 Å². The summed E-state index contributed by atoms with van der Waals surface area (Å²) in [5.74, 6) is 0.311. The molecule has 104 valence electrons. The Bertz CT molecular complexity index is 663. The van der Waals surface area contributed by atoms with E-state index in [1.165, 1.54) is 18.9 Å². The van der Waals surface area contributed by atoms with E-state index in [0.29, 0.717) is 22.3 Å². The van der Waals surface area contributed by atoms with Crippen molar-refractivity contribution in [2.75, 3.05) is 7.05 Å². The number of carbonyl (C=O) groups excluding carboxylic acids is 1. The second-order valence-corrected chi connectivity index (χ2v) is 5.63. The van der Waals surface area contributed by atoms with E-state index in [1.54, 1.807) is 29.2 Å². The van der Waals surface area contributed by atoms with Crippen molar-refractivity contribution >= 4 is 16.7 Å². The minimum Gasteiger partial charge on any atom is -0.339 e. The van der Waals surface area contributed by atoms with Crippen LogP contribution in [0.2, 0.25) is 0 Å². The van der Waals surface area contributed by atoms with Crippen molar-refractivity contribution in [1.82, 2.24) is 4.90 Å². The number of fused-ring (bicyclic) bond motifs is 1. The van der Waals surface area contributed by atoms with Gasteiger partial charge in [-0.05, 0) is 43.2 Å². The van der Waals surface area contributed by atoms with Gasteiger partial charge in [-0.1, -0.05) is 24.3 Å². The maximum atomic E-state index is 13.8. The quantitative estimate of drug-likeness (QED) is 0.830. The van der Waals surface area contributed by atoms with E-state index in [-0.39, 0.29) is 17.8 Å². The Kier molecular flexibility index (Phi) is 3.20. The molecule has 0 heterocycles. The lowest BCUT2D eigenvalue weighted by molar-refractivity contribution is 0.0729. The van der Waals surface area contributed by atoms with Gasteiger partial charge in [0.1, 0.15) is 5.82 Å². The van der Waals surface area contributed by atoms with Gasteiger partial charge in [-0.15, -0.1) is 0 Å². The highest BCUT2D eigenvalue weighted by Gasteiger charge is 2.33. The molecule has 1 saturated carbocycles. The maximum Gasteiger partial charge on any atom is 0.254 e. The molecular weight excluding hydrogens is 253 g/mol. The van der Waals surface area contributed by atoms with Crippen LogP contribution in [0.15, 0.2) is 36.4 Å². The first-order chi connectivity index (χ1) is 9.59. The molecule has 2 aromatic carbocycles. The van der Waals surface area contributed by atoms with Gasteiger partial charge in [0.25, 0.3) is 5.91 Å². The van der Waals surface area contributed by atoms with Gasteiger partial charge in [0.2, 0.25) is 0 Å². The van der Waals surface area contributed by atoms with E-state index in [0.717, 1.165) is 0 Å². The summed E-state index contributed by atoms with van der Waals surface area (Å²) in [5.41, 5.74) is 0.581. The summed E-state index contributed by atoms with van der Waals surface area (Å²) in [4.78, 5) is 14.4. The van der Waals surface area contributed by atoms with Gasteiger partial charge < -0.3 is 4.90 Å². The van der Waals surface area contributed by atoms with Crippen LogP contribution in [0, 0.1) is 11.7 Å². The molecule has 1 amide bonds. The van der Waals surface area contributed by atoms with E-state index < -0.39 is 0 Å². The summed E-state index contributed by atoms with van der Waals surface area (Å²) in [6.07, 6.45) is 2.39. The Balaban J connectivity index is 2.01. The van der Waals surface area contributed by atoms with Crippen molar-refractivity contribution in [2.24, 2.45) is 5.92 Å². The summed E-state index contributed by atoms with van der Waals surface area (Å²) in [6.45, 7) is 2.08. The molecule has 3 rings (SSSR count). The summed E-state index contributed by atoms with van der Waals surface area (Å²) >= 11 is 0. The first-order valence-electron chi connectivity index (χ1n) is 7.04. The number of carbonyl (C=O) groups is 1. The van der Waals surface area contributed by atoms with Crippen molar-refractivity contribution in [3.05, 3.63) is 47.8 Å². The van der Waals surface area contributed by atoms with Crippen molar-refractivity contribution in [2.45, 2.75) is 25.8 Å². The van der Waals surface area contributed by atoms with Gasteiger partial charge in [0, 0.05) is 24.0 Å². The van der Waals surface area contributed by atoms with Crippen molar-refractivity contribution in [1.29, 1.82) is 0 Å². The van der Waals surface area contributed by atoms with Gasteiger partial charge in [-0.2, -0.15) is 0 Å². The van der Waals surface area contributed by atoms with Gasteiger partial charge in [-0.25, -0.2) is 4.39 Å². The number of hydrogen-bond donors (Lipinski definition) is 0. The van der Waals surface area contributed by atoms with Crippen LogP contribution in [0.1, 0.15) is 30.1 Å². The molecule has 20 heavy (non-hydrogen) atoms. The number of rotatable bonds is 3. The average Bonchev–Trinajstić information content (AvgIpc) is 3.30. The van der Waals surface area contributed by atoms with Crippen LogP contribution in [0.3, 0.4) is 0 Å². The lowest BCUT2D eigenvalue weighted by atomic mass is 10.0. The smallest absolute Gasteiger partial charge is 0.254 e. The summed E-state index contributed by atoms with van der Waals surface area (Å²) in [7, 11) is 1.84. The third-order valence-corrected chi connectivity index (χ3v) is 4.34. The number of nitrogens with zero attached hydrogens (tertiary/aromatic N) is 1. The SMILES string of the molecule is CC(C1CC1)N(C)C(=O)c1ccc(F)c2ccccc12. The molecule has 3 heteroatoms. The van der Waals surface area contributed by atoms with Gasteiger partial charge in [-0.3, -0.25) is 4.79 Å². The number of benzene rings is 2. The highest BCUT2D eigenvalue weighted by atomic mass is 19.1. The third kappa shape index (κ3) is 2.17. The molecule has 0 aliphatic heterocycles. The predicted octanol–water partition coefficient (Wildman–Crippen LogP) is 3.85. The van der Waals surface area contributed by atoms with Crippen LogP contribution in [-0.2, 0) is 0 Å². The topological polar surface area (TPSA) is 20.3 Å². The standard InChI is InChI=1S/C17H18FNO/c1-11(12-7-8-12)19(2)17(20)15-9-10-16(18)14-6-4-3-5-13(14)15/h3-6,9-12H,7-8H2,1-2H3. The second-order valence-electron chi connectivity index (χ2n) is 5.63. The summed E-state index contributed by atoms with van der Waals surface area (Å²) in [5, 5.41) is 1.19. The van der Waals surface area contributed by atoms with Crippen LogP contribution in [0.5, 0.6) is 0 Å². The predicted molar refractivity (Wildman–Crippen MR) is 78.2 cm³/mol. The zero-order valence-electron chi connectivity index (χ0n) is 11.8. The highest BCUT2D eigenvalue weighted by Crippen LogP contribution is 2.35. The van der Waals surface area contributed by atoms with Crippen LogP contribution in [0.4, 0.5) is 4.39 Å². The molecule has 2 aromatic rings. The molecule has 1 unspecified atom stereocenters. The zero-order chi connectivity index (χ0) is 14.3. The first-order valence-corrected chi connectivity index (χ1v) is 7.04. The van der Waals surface area contributed by atoms with Crippen LogP contribution in [-0.4, -0.2) is 23.9 Å². The highest BCUT2D eigenvalue weighted by molar-refractivity contribution is 6.07. The minimum absolute atomic E-state index is 0.0272. The average molecular weight is 271 g/mol. The normalized spacial score (nSPS) is 16.1. The fourth-order valence-corrected chi connectivity index (χ4v) is 2.72. The molecule has 0 spiro atoms. The monoisotopic (exact) mass is 271 g/mol. The Labute approximate surface area is 118 Å². The minimum atomic E-state index is -0.282. The molecule has 1 fully saturated rings. The number of amides is 1. The Morgan fingerprint density at radius 3 is 2.50 bits per heavy atom. The molecule has 1 aliphatic carbocycles. The van der Waals surface area contributed by atoms with Crippen LogP contribution in [0.25, 0.3) is 10.8 Å². The fraction of sp³-hybridized carbons (Fsp3) is 0.353. The van der Waals surface area contributed by atoms with Crippen molar-refractivity contribution < 1.29 is 9.18 Å². The Morgan fingerprint density at radius 1 is 1.20 bits per heavy atom. The molecular formula is C17H18FNO. The largest absolute Gasteiger partial charge is 0.339 e. The first kappa shape index (κ1) is 13.1. The lowest BCUT2D eigenvalue weighted by Gasteiger charge is -2.25. The molecule has 0 bridgehead atoms. The third-order valence-electron chi connectivity index (χ3n) is 4.34. The van der Waals surface area contributed by atoms with E-state index in [2.05, 4.69) is 6.92 Å². The van der Waals surface area contributed by atoms with E-state index >= 15 is 0 Å². The fourth-order valence-electron chi connectivity index (χ4n) is 2.72. The van der Waals surface area contributed by atoms with Gasteiger partial charge in [0.15, 0.2) is 0 Å². The van der Waals surface area contributed by atoms with Gasteiger partial charge >= 0.3 is 0 Å². The Morgan fingerprint density at radius 2 is 1.85 bits per heavy atom. The zero-order valence-corrected chi connectivity index (χ0v) is 11.8. The lowest BCUT2D eigenvalue weighted by Crippen LogP contribution is -2.36. The second kappa shape index (κ2) is 4.89.